The average Bonchev–Trinajstić information content (AvgIpc) is 2.96. The van der Waals surface area contributed by atoms with Gasteiger partial charge in [-0.2, -0.15) is 0 Å². The molecule has 36 heavy (non-hydrogen) atoms. The van der Waals surface area contributed by atoms with Gasteiger partial charge >= 0.3 is 0 Å². The molecule has 5 nitrogen and oxygen atoms in total. The summed E-state index contributed by atoms with van der Waals surface area (Å²) in [6.07, 6.45) is 1.67. The van der Waals surface area contributed by atoms with E-state index in [1.165, 1.54) is 18.2 Å². The Morgan fingerprint density at radius 2 is 1.67 bits per heavy atom. The summed E-state index contributed by atoms with van der Waals surface area (Å²) in [6.45, 7) is 4.04. The number of anilines is 2. The predicted molar refractivity (Wildman–Crippen MR) is 142 cm³/mol. The Morgan fingerprint density at radius 3 is 2.33 bits per heavy atom. The molecule has 3 aromatic carbocycles. The van der Waals surface area contributed by atoms with Crippen LogP contribution in [0.25, 0.3) is 11.3 Å². The highest BCUT2D eigenvalue weighted by molar-refractivity contribution is 6.31. The van der Waals surface area contributed by atoms with E-state index in [1.807, 2.05) is 38.1 Å². The number of nitrogens with two attached hydrogens (primary N) is 1. The summed E-state index contributed by atoms with van der Waals surface area (Å²) >= 11 is 6.28. The second kappa shape index (κ2) is 9.76. The van der Waals surface area contributed by atoms with Crippen LogP contribution in [0.2, 0.25) is 5.02 Å². The van der Waals surface area contributed by atoms with Crippen molar-refractivity contribution in [3.63, 3.8) is 0 Å². The first-order valence-corrected chi connectivity index (χ1v) is 11.4. The molecule has 0 saturated heterocycles. The first-order valence-electron chi connectivity index (χ1n) is 11.0. The Morgan fingerprint density at radius 1 is 0.972 bits per heavy atom. The molecule has 0 amide bonds. The predicted octanol–water partition coefficient (Wildman–Crippen LogP) is 7.00. The average molecular weight is 506 g/mol. The maximum Gasteiger partial charge on any atom is 0.227 e. The summed E-state index contributed by atoms with van der Waals surface area (Å²) in [6, 6.07) is 16.6. The third-order valence-electron chi connectivity index (χ3n) is 5.85. The van der Waals surface area contributed by atoms with Gasteiger partial charge in [0, 0.05) is 39.1 Å². The first-order chi connectivity index (χ1) is 16.7. The van der Waals surface area contributed by atoms with Gasteiger partial charge in [-0.1, -0.05) is 43.3 Å². The van der Waals surface area contributed by atoms with E-state index in [2.05, 4.69) is 15.3 Å². The van der Waals surface area contributed by atoms with Crippen LogP contribution in [0.4, 0.5) is 20.4 Å². The van der Waals surface area contributed by atoms with Gasteiger partial charge in [0.1, 0.15) is 11.6 Å². The van der Waals surface area contributed by atoms with Crippen molar-refractivity contribution in [3.05, 3.63) is 106 Å². The molecule has 0 radical (unpaired) electrons. The van der Waals surface area contributed by atoms with Crippen LogP contribution in [0.5, 0.6) is 0 Å². The monoisotopic (exact) mass is 505 g/mol. The largest absolute Gasteiger partial charge is 0.324 e. The maximum atomic E-state index is 14.7. The zero-order valence-corrected chi connectivity index (χ0v) is 19.9. The molecule has 0 spiro atoms. The van der Waals surface area contributed by atoms with Crippen LogP contribution in [0.15, 0.2) is 71.9 Å². The van der Waals surface area contributed by atoms with E-state index in [4.69, 9.17) is 22.3 Å². The minimum Gasteiger partial charge on any atom is -0.324 e. The van der Waals surface area contributed by atoms with Gasteiger partial charge in [0.15, 0.2) is 0 Å². The zero-order valence-electron chi connectivity index (χ0n) is 19.1. The number of aliphatic imine (C=N–C) groups is 1. The number of benzene rings is 3. The van der Waals surface area contributed by atoms with Gasteiger partial charge < -0.3 is 11.1 Å². The van der Waals surface area contributed by atoms with Gasteiger partial charge in [-0.25, -0.2) is 18.7 Å². The van der Waals surface area contributed by atoms with E-state index in [-0.39, 0.29) is 25.2 Å². The van der Waals surface area contributed by atoms with E-state index in [0.717, 1.165) is 16.8 Å². The smallest absolute Gasteiger partial charge is 0.227 e. The number of nitrogens with zero attached hydrogens (tertiary/aromatic N) is 3. The van der Waals surface area contributed by atoms with Crippen molar-refractivity contribution in [2.45, 2.75) is 33.4 Å². The molecule has 2 heterocycles. The van der Waals surface area contributed by atoms with E-state index in [1.54, 1.807) is 24.4 Å². The van der Waals surface area contributed by atoms with Crippen LogP contribution < -0.4 is 11.1 Å². The highest BCUT2D eigenvalue weighted by Crippen LogP contribution is 2.34. The third-order valence-corrected chi connectivity index (χ3v) is 6.08. The molecule has 0 aliphatic carbocycles. The highest BCUT2D eigenvalue weighted by Gasteiger charge is 2.25. The van der Waals surface area contributed by atoms with Crippen molar-refractivity contribution in [1.29, 1.82) is 0 Å². The number of fused-ring (bicyclic) bond motifs is 3. The zero-order chi connectivity index (χ0) is 24.7. The van der Waals surface area contributed by atoms with Gasteiger partial charge in [-0.3, -0.25) is 4.99 Å². The van der Waals surface area contributed by atoms with Crippen LogP contribution in [-0.4, -0.2) is 15.7 Å². The molecule has 184 valence electrons. The van der Waals surface area contributed by atoms with Crippen LogP contribution in [0.3, 0.4) is 0 Å². The highest BCUT2D eigenvalue weighted by atomic mass is 35.5. The van der Waals surface area contributed by atoms with Gasteiger partial charge in [0.25, 0.3) is 0 Å². The van der Waals surface area contributed by atoms with E-state index < -0.39 is 17.2 Å². The molecular formula is C28H26ClF2N5. The van der Waals surface area contributed by atoms with E-state index >= 15 is 0 Å². The molecule has 8 heteroatoms. The van der Waals surface area contributed by atoms with Crippen molar-refractivity contribution >= 4 is 28.9 Å². The molecular weight excluding hydrogens is 480 g/mol. The summed E-state index contributed by atoms with van der Waals surface area (Å²) in [5.41, 5.74) is 10.0. The quantitative estimate of drug-likeness (QED) is 0.313. The van der Waals surface area contributed by atoms with E-state index in [9.17, 15) is 8.78 Å². The van der Waals surface area contributed by atoms with Gasteiger partial charge in [-0.15, -0.1) is 0 Å². The molecule has 1 aromatic heterocycles. The lowest BCUT2D eigenvalue weighted by atomic mass is 9.95. The number of nitrogens with one attached hydrogen (secondary N) is 1. The fourth-order valence-electron chi connectivity index (χ4n) is 4.03. The molecule has 1 aliphatic heterocycles. The summed E-state index contributed by atoms with van der Waals surface area (Å²) in [7, 11) is 0. The molecule has 0 atom stereocenters. The van der Waals surface area contributed by atoms with Crippen molar-refractivity contribution in [1.82, 2.24) is 9.97 Å². The summed E-state index contributed by atoms with van der Waals surface area (Å²) < 4.78 is 29.4. The van der Waals surface area contributed by atoms with Crippen LogP contribution in [0.1, 0.15) is 43.5 Å². The Labute approximate surface area is 214 Å². The molecule has 5 rings (SSSR count). The normalized spacial score (nSPS) is 12.6. The van der Waals surface area contributed by atoms with Gasteiger partial charge in [0.05, 0.1) is 23.5 Å². The maximum absolute atomic E-state index is 14.7. The van der Waals surface area contributed by atoms with Crippen LogP contribution in [-0.2, 0) is 12.1 Å². The summed E-state index contributed by atoms with van der Waals surface area (Å²) in [5, 5.41) is 3.63. The Hall–Kier alpha value is -3.68. The molecule has 0 saturated carbocycles. The van der Waals surface area contributed by atoms with E-state index in [0.29, 0.717) is 27.8 Å². The number of hydrogen-bond acceptors (Lipinski definition) is 5. The second-order valence-electron chi connectivity index (χ2n) is 8.94. The topological polar surface area (TPSA) is 76.2 Å². The molecule has 0 unspecified atom stereocenters. The fourth-order valence-corrected chi connectivity index (χ4v) is 4.21. The molecule has 4 aromatic rings. The SMILES string of the molecule is C.CC(C)(N)c1ccc(Nc2ncc3c(n2)-c2ccc(Cl)cc2C(c2c(F)cccc2F)=NC3)cc1. The molecule has 0 bridgehead atoms. The van der Waals surface area contributed by atoms with Crippen molar-refractivity contribution in [2.75, 3.05) is 5.32 Å². The second-order valence-corrected chi connectivity index (χ2v) is 9.38. The van der Waals surface area contributed by atoms with Crippen LogP contribution >= 0.6 is 11.6 Å². The summed E-state index contributed by atoms with van der Waals surface area (Å²) in [4.78, 5) is 13.7. The third kappa shape index (κ3) is 4.85. The van der Waals surface area contributed by atoms with Crippen molar-refractivity contribution in [2.24, 2.45) is 10.7 Å². The number of rotatable bonds is 4. The van der Waals surface area contributed by atoms with Gasteiger partial charge in [0.2, 0.25) is 5.95 Å². The minimum absolute atomic E-state index is 0. The fraction of sp³-hybridized carbons (Fsp3) is 0.179. The number of aromatic nitrogens is 2. The Bertz CT molecular complexity index is 1440. The van der Waals surface area contributed by atoms with Crippen LogP contribution in [0, 0.1) is 11.6 Å². The lowest BCUT2D eigenvalue weighted by Crippen LogP contribution is -2.28. The molecule has 0 fully saturated rings. The standard InChI is InChI=1S/C27H22ClF2N5.CH4/c1-27(2,31)16-6-9-18(10-7-16)34-26-33-14-15-13-32-25(23-21(29)4-3-5-22(23)30)20-12-17(28)8-11-19(20)24(15)35-26;/h3-12,14H,13,31H2,1-2H3,(H,33,34,35);1H4. The molecule has 1 aliphatic rings. The Kier molecular flexibility index (Phi) is 6.89. The first kappa shape index (κ1) is 25.4. The molecule has 3 N–H and O–H groups in total. The lowest BCUT2D eigenvalue weighted by Gasteiger charge is -2.19. The number of hydrogen-bond donors (Lipinski definition) is 2. The van der Waals surface area contributed by atoms with Gasteiger partial charge in [-0.05, 0) is 55.8 Å². The van der Waals surface area contributed by atoms with Crippen molar-refractivity contribution < 1.29 is 8.78 Å². The minimum atomic E-state index is -0.696. The Balaban J connectivity index is 0.00000304. The summed E-state index contributed by atoms with van der Waals surface area (Å²) in [5.74, 6) is -1.01. The lowest BCUT2D eigenvalue weighted by molar-refractivity contribution is 0.554. The van der Waals surface area contributed by atoms with Crippen molar-refractivity contribution in [3.8, 4) is 11.3 Å². The number of halogens is 3.